The van der Waals surface area contributed by atoms with Crippen LogP contribution in [-0.2, 0) is 22.6 Å². The van der Waals surface area contributed by atoms with Crippen molar-refractivity contribution in [3.05, 3.63) is 34.2 Å². The van der Waals surface area contributed by atoms with Crippen LogP contribution in [0.25, 0.3) is 0 Å². The molecule has 0 saturated heterocycles. The van der Waals surface area contributed by atoms with E-state index < -0.39 is 5.97 Å². The average Bonchev–Trinajstić information content (AvgIpc) is 3.11. The molecule has 0 fully saturated rings. The Balaban J connectivity index is 1.86. The van der Waals surface area contributed by atoms with Crippen molar-refractivity contribution in [2.75, 3.05) is 5.32 Å². The number of aromatic carboxylic acids is 1. The molecule has 2 rings (SSSR count). The second kappa shape index (κ2) is 7.93. The van der Waals surface area contributed by atoms with E-state index in [0.29, 0.717) is 22.3 Å². The minimum absolute atomic E-state index is 0.0551. The molecule has 0 aliphatic carbocycles. The molecule has 0 unspecified atom stereocenters. The first-order chi connectivity index (χ1) is 11.8. The maximum absolute atomic E-state index is 12.0. The van der Waals surface area contributed by atoms with Gasteiger partial charge < -0.3 is 20.2 Å². The van der Waals surface area contributed by atoms with Gasteiger partial charge in [-0.2, -0.15) is 0 Å². The molecule has 3 N–H and O–H groups in total. The Kier molecular flexibility index (Phi) is 5.92. The number of anilines is 1. The van der Waals surface area contributed by atoms with Crippen molar-refractivity contribution in [2.24, 2.45) is 5.92 Å². The van der Waals surface area contributed by atoms with Crippen LogP contribution in [0.4, 0.5) is 5.13 Å². The van der Waals surface area contributed by atoms with Crippen molar-refractivity contribution in [3.8, 4) is 0 Å². The van der Waals surface area contributed by atoms with Gasteiger partial charge in [0.15, 0.2) is 5.13 Å². The number of carboxylic acid groups (broad SMARTS) is 1. The van der Waals surface area contributed by atoms with E-state index in [1.807, 2.05) is 0 Å². The molecule has 25 heavy (non-hydrogen) atoms. The van der Waals surface area contributed by atoms with Crippen molar-refractivity contribution in [1.29, 1.82) is 0 Å². The van der Waals surface area contributed by atoms with E-state index in [2.05, 4.69) is 15.6 Å². The highest BCUT2D eigenvalue weighted by Crippen LogP contribution is 2.17. The number of hydrogen-bond acceptors (Lipinski definition) is 6. The Labute approximate surface area is 148 Å². The van der Waals surface area contributed by atoms with Crippen LogP contribution in [-0.4, -0.2) is 27.9 Å². The summed E-state index contributed by atoms with van der Waals surface area (Å²) in [6.07, 6.45) is 0.0551. The van der Waals surface area contributed by atoms with Crippen LogP contribution in [0.2, 0.25) is 0 Å². The van der Waals surface area contributed by atoms with Gasteiger partial charge in [0.1, 0.15) is 17.1 Å². The maximum atomic E-state index is 12.0. The van der Waals surface area contributed by atoms with Crippen LogP contribution in [0, 0.1) is 12.8 Å². The number of nitrogens with one attached hydrogen (secondary N) is 2. The van der Waals surface area contributed by atoms with Gasteiger partial charge in [-0.3, -0.25) is 9.59 Å². The molecule has 0 saturated carbocycles. The lowest BCUT2D eigenvalue weighted by molar-refractivity contribution is -0.121. The topological polar surface area (TPSA) is 122 Å². The Bertz CT molecular complexity index is 794. The van der Waals surface area contributed by atoms with E-state index in [0.717, 1.165) is 0 Å². The van der Waals surface area contributed by atoms with E-state index in [9.17, 15) is 14.4 Å². The first-order valence-electron chi connectivity index (χ1n) is 7.60. The number of thiazole rings is 1. The van der Waals surface area contributed by atoms with Gasteiger partial charge in [-0.15, -0.1) is 11.3 Å². The maximum Gasteiger partial charge on any atom is 0.339 e. The smallest absolute Gasteiger partial charge is 0.339 e. The van der Waals surface area contributed by atoms with Gasteiger partial charge in [-0.25, -0.2) is 9.78 Å². The summed E-state index contributed by atoms with van der Waals surface area (Å²) < 4.78 is 5.29. The van der Waals surface area contributed by atoms with Crippen molar-refractivity contribution in [3.63, 3.8) is 0 Å². The van der Waals surface area contributed by atoms with Gasteiger partial charge >= 0.3 is 5.97 Å². The highest BCUT2D eigenvalue weighted by Gasteiger charge is 2.15. The number of carboxylic acids is 1. The highest BCUT2D eigenvalue weighted by molar-refractivity contribution is 7.13. The fraction of sp³-hybridized carbons (Fsp3) is 0.375. The lowest BCUT2D eigenvalue weighted by Gasteiger charge is -2.03. The van der Waals surface area contributed by atoms with Crippen LogP contribution >= 0.6 is 11.3 Å². The van der Waals surface area contributed by atoms with Crippen LogP contribution in [0.5, 0.6) is 0 Å². The first kappa shape index (κ1) is 18.7. The molecule has 0 radical (unpaired) electrons. The van der Waals surface area contributed by atoms with E-state index in [-0.39, 0.29) is 36.3 Å². The minimum Gasteiger partial charge on any atom is -0.478 e. The SMILES string of the molecule is Cc1oc(CNC(=O)Cc2csc(NC(=O)C(C)C)n2)cc1C(=O)O. The standard InChI is InChI=1S/C16H19N3O5S/c1-8(2)14(21)19-16-18-10(7-25-16)4-13(20)17-6-11-5-12(15(22)23)9(3)24-11/h5,7-8H,4,6H2,1-3H3,(H,17,20)(H,22,23)(H,18,19,21). The van der Waals surface area contributed by atoms with Crippen molar-refractivity contribution < 1.29 is 23.9 Å². The number of aryl methyl sites for hydroxylation is 1. The van der Waals surface area contributed by atoms with Crippen LogP contribution in [0.3, 0.4) is 0 Å². The van der Waals surface area contributed by atoms with Gasteiger partial charge in [-0.1, -0.05) is 13.8 Å². The molecule has 0 spiro atoms. The largest absolute Gasteiger partial charge is 0.478 e. The molecule has 0 aliphatic heterocycles. The monoisotopic (exact) mass is 365 g/mol. The third-order valence-electron chi connectivity index (χ3n) is 3.31. The minimum atomic E-state index is -1.07. The molecular formula is C16H19N3O5S. The molecule has 134 valence electrons. The molecule has 8 nitrogen and oxygen atoms in total. The zero-order chi connectivity index (χ0) is 18.6. The van der Waals surface area contributed by atoms with E-state index >= 15 is 0 Å². The van der Waals surface area contributed by atoms with Crippen LogP contribution < -0.4 is 10.6 Å². The van der Waals surface area contributed by atoms with Crippen LogP contribution in [0.1, 0.15) is 41.4 Å². The fourth-order valence-corrected chi connectivity index (χ4v) is 2.66. The lowest BCUT2D eigenvalue weighted by Crippen LogP contribution is -2.24. The number of rotatable bonds is 7. The number of furan rings is 1. The highest BCUT2D eigenvalue weighted by atomic mass is 32.1. The summed E-state index contributed by atoms with van der Waals surface area (Å²) in [7, 11) is 0. The zero-order valence-electron chi connectivity index (χ0n) is 14.1. The molecule has 0 atom stereocenters. The molecule has 9 heteroatoms. The normalized spacial score (nSPS) is 10.7. The number of carbonyl (C=O) groups is 3. The lowest BCUT2D eigenvalue weighted by atomic mass is 10.2. The summed E-state index contributed by atoms with van der Waals surface area (Å²) in [5.41, 5.74) is 0.623. The Morgan fingerprint density at radius 3 is 2.68 bits per heavy atom. The summed E-state index contributed by atoms with van der Waals surface area (Å²) >= 11 is 1.25. The number of nitrogens with zero attached hydrogens (tertiary/aromatic N) is 1. The van der Waals surface area contributed by atoms with E-state index in [1.165, 1.54) is 17.4 Å². The van der Waals surface area contributed by atoms with Gasteiger partial charge in [0.05, 0.1) is 18.7 Å². The Morgan fingerprint density at radius 1 is 1.36 bits per heavy atom. The summed E-state index contributed by atoms with van der Waals surface area (Å²) in [5.74, 6) is -0.973. The fourth-order valence-electron chi connectivity index (χ4n) is 1.95. The molecule has 2 amide bonds. The second-order valence-electron chi connectivity index (χ2n) is 5.73. The first-order valence-corrected chi connectivity index (χ1v) is 8.48. The third-order valence-corrected chi connectivity index (χ3v) is 4.11. The molecule has 2 aromatic rings. The summed E-state index contributed by atoms with van der Waals surface area (Å²) in [6, 6.07) is 1.39. The quantitative estimate of drug-likeness (QED) is 0.691. The zero-order valence-corrected chi connectivity index (χ0v) is 14.9. The Hall–Kier alpha value is -2.68. The van der Waals surface area contributed by atoms with Gasteiger partial charge in [-0.05, 0) is 13.0 Å². The molecule has 2 heterocycles. The van der Waals surface area contributed by atoms with Crippen LogP contribution in [0.15, 0.2) is 15.9 Å². The number of amides is 2. The van der Waals surface area contributed by atoms with Crippen molar-refractivity contribution >= 4 is 34.3 Å². The Morgan fingerprint density at radius 2 is 2.08 bits per heavy atom. The molecule has 2 aromatic heterocycles. The molecule has 0 aromatic carbocycles. The van der Waals surface area contributed by atoms with Gasteiger partial charge in [0, 0.05) is 11.3 Å². The van der Waals surface area contributed by atoms with E-state index in [1.54, 1.807) is 26.2 Å². The van der Waals surface area contributed by atoms with E-state index in [4.69, 9.17) is 9.52 Å². The molecule has 0 aliphatic rings. The third kappa shape index (κ3) is 5.15. The summed E-state index contributed by atoms with van der Waals surface area (Å²) in [4.78, 5) is 38.7. The van der Waals surface area contributed by atoms with Gasteiger partial charge in [0.2, 0.25) is 11.8 Å². The second-order valence-corrected chi connectivity index (χ2v) is 6.59. The predicted molar refractivity (Wildman–Crippen MR) is 91.5 cm³/mol. The summed E-state index contributed by atoms with van der Waals surface area (Å²) in [5, 5.41) is 16.4. The summed E-state index contributed by atoms with van der Waals surface area (Å²) in [6.45, 7) is 5.21. The van der Waals surface area contributed by atoms with Crippen molar-refractivity contribution in [2.45, 2.75) is 33.7 Å². The number of aromatic nitrogens is 1. The van der Waals surface area contributed by atoms with Crippen molar-refractivity contribution in [1.82, 2.24) is 10.3 Å². The molecular weight excluding hydrogens is 346 g/mol. The number of carbonyl (C=O) groups excluding carboxylic acids is 2. The molecule has 0 bridgehead atoms. The average molecular weight is 365 g/mol. The number of hydrogen-bond donors (Lipinski definition) is 3. The van der Waals surface area contributed by atoms with Gasteiger partial charge in [0.25, 0.3) is 0 Å². The predicted octanol–water partition coefficient (Wildman–Crippen LogP) is 2.20.